The van der Waals surface area contributed by atoms with Gasteiger partial charge in [-0.15, -0.1) is 18.3 Å². The number of benzene rings is 1. The standard InChI is InChI=1S/C18H22N4O.ClH/c1-2-3-7-13-21-18(23)22(16-10-5-4-6-11-16)17(20-21)15-9-8-12-19-14-15;/h4-6,10-11,15,19H,2,8-9,12-14H2,1H3;1H. The van der Waals surface area contributed by atoms with E-state index in [1.165, 1.54) is 4.68 Å². The van der Waals surface area contributed by atoms with Crippen LogP contribution in [0.3, 0.4) is 0 Å². The summed E-state index contributed by atoms with van der Waals surface area (Å²) in [5.74, 6) is 7.11. The first-order valence-electron chi connectivity index (χ1n) is 8.23. The molecule has 2 heterocycles. The van der Waals surface area contributed by atoms with Crippen LogP contribution in [0.2, 0.25) is 0 Å². The predicted molar refractivity (Wildman–Crippen MR) is 98.0 cm³/mol. The molecule has 3 rings (SSSR count). The first kappa shape index (κ1) is 18.3. The lowest BCUT2D eigenvalue weighted by molar-refractivity contribution is 0.440. The van der Waals surface area contributed by atoms with Gasteiger partial charge in [-0.25, -0.2) is 14.0 Å². The van der Waals surface area contributed by atoms with Gasteiger partial charge >= 0.3 is 5.69 Å². The maximum Gasteiger partial charge on any atom is 0.351 e. The summed E-state index contributed by atoms with van der Waals surface area (Å²) in [6.45, 7) is 4.25. The summed E-state index contributed by atoms with van der Waals surface area (Å²) >= 11 is 0. The second kappa shape index (κ2) is 8.72. The van der Waals surface area contributed by atoms with Crippen molar-refractivity contribution < 1.29 is 0 Å². The number of nitrogens with zero attached hydrogens (tertiary/aromatic N) is 3. The molecular formula is C18H23ClN4O. The summed E-state index contributed by atoms with van der Waals surface area (Å²) in [7, 11) is 0. The summed E-state index contributed by atoms with van der Waals surface area (Å²) in [4.78, 5) is 12.8. The van der Waals surface area contributed by atoms with Crippen molar-refractivity contribution in [3.63, 3.8) is 0 Å². The van der Waals surface area contributed by atoms with Gasteiger partial charge in [0.05, 0.1) is 5.69 Å². The maximum atomic E-state index is 12.8. The number of hydrogen-bond donors (Lipinski definition) is 1. The minimum atomic E-state index is -0.109. The van der Waals surface area contributed by atoms with E-state index in [0.29, 0.717) is 6.54 Å². The molecule has 5 nitrogen and oxygen atoms in total. The molecule has 0 spiro atoms. The molecule has 1 aliphatic rings. The fraction of sp³-hybridized carbons (Fsp3) is 0.444. The Hall–Kier alpha value is -2.03. The number of nitrogens with one attached hydrogen (secondary N) is 1. The van der Waals surface area contributed by atoms with E-state index >= 15 is 0 Å². The van der Waals surface area contributed by atoms with Crippen LogP contribution in [0.5, 0.6) is 0 Å². The summed E-state index contributed by atoms with van der Waals surface area (Å²) < 4.78 is 3.23. The van der Waals surface area contributed by atoms with E-state index in [1.807, 2.05) is 37.3 Å². The van der Waals surface area contributed by atoms with E-state index in [9.17, 15) is 4.79 Å². The third kappa shape index (κ3) is 3.89. The van der Waals surface area contributed by atoms with Gasteiger partial charge in [0, 0.05) is 18.9 Å². The van der Waals surface area contributed by atoms with Gasteiger partial charge in [0.25, 0.3) is 0 Å². The fourth-order valence-electron chi connectivity index (χ4n) is 2.94. The number of halogens is 1. The molecule has 1 aliphatic heterocycles. The Morgan fingerprint density at radius 2 is 2.08 bits per heavy atom. The smallest absolute Gasteiger partial charge is 0.316 e. The van der Waals surface area contributed by atoms with Gasteiger partial charge in [0.15, 0.2) is 0 Å². The Morgan fingerprint density at radius 1 is 1.29 bits per heavy atom. The average molecular weight is 347 g/mol. The normalized spacial score (nSPS) is 16.8. The van der Waals surface area contributed by atoms with Crippen LogP contribution in [0.15, 0.2) is 35.1 Å². The lowest BCUT2D eigenvalue weighted by Crippen LogP contribution is -2.31. The summed E-state index contributed by atoms with van der Waals surface area (Å²) in [5, 5.41) is 8.01. The van der Waals surface area contributed by atoms with Crippen LogP contribution in [0.1, 0.15) is 37.9 Å². The van der Waals surface area contributed by atoms with E-state index in [0.717, 1.165) is 43.9 Å². The number of piperidine rings is 1. The fourth-order valence-corrected chi connectivity index (χ4v) is 2.94. The van der Waals surface area contributed by atoms with Gasteiger partial charge in [-0.05, 0) is 31.5 Å². The van der Waals surface area contributed by atoms with Crippen molar-refractivity contribution in [2.45, 2.75) is 38.6 Å². The average Bonchev–Trinajstić information content (AvgIpc) is 2.93. The summed E-state index contributed by atoms with van der Waals surface area (Å²) in [6, 6.07) is 9.74. The molecule has 6 heteroatoms. The van der Waals surface area contributed by atoms with Crippen LogP contribution in [0.4, 0.5) is 0 Å². The lowest BCUT2D eigenvalue weighted by atomic mass is 9.99. The van der Waals surface area contributed by atoms with E-state index < -0.39 is 0 Å². The van der Waals surface area contributed by atoms with E-state index in [2.05, 4.69) is 22.3 Å². The Kier molecular flexibility index (Phi) is 6.65. The van der Waals surface area contributed by atoms with E-state index in [4.69, 9.17) is 0 Å². The van der Waals surface area contributed by atoms with Crippen LogP contribution >= 0.6 is 12.4 Å². The summed E-state index contributed by atoms with van der Waals surface area (Å²) in [5.41, 5.74) is 0.759. The largest absolute Gasteiger partial charge is 0.351 e. The molecule has 24 heavy (non-hydrogen) atoms. The SMILES string of the molecule is CCC#CCn1nc(C2CCCNC2)n(-c2ccccc2)c1=O.Cl. The van der Waals surface area contributed by atoms with Gasteiger partial charge in [-0.1, -0.05) is 31.0 Å². The minimum Gasteiger partial charge on any atom is -0.316 e. The van der Waals surface area contributed by atoms with Crippen molar-refractivity contribution in [2.75, 3.05) is 13.1 Å². The molecule has 0 bridgehead atoms. The number of hydrogen-bond acceptors (Lipinski definition) is 3. The molecule has 1 unspecified atom stereocenters. The Balaban J connectivity index is 0.00000208. The van der Waals surface area contributed by atoms with Gasteiger partial charge in [0.2, 0.25) is 0 Å². The molecule has 1 atom stereocenters. The number of aromatic nitrogens is 3. The van der Waals surface area contributed by atoms with E-state index in [-0.39, 0.29) is 24.0 Å². The topological polar surface area (TPSA) is 51.9 Å². The third-order valence-corrected chi connectivity index (χ3v) is 4.07. The van der Waals surface area contributed by atoms with Crippen LogP contribution in [-0.2, 0) is 6.54 Å². The van der Waals surface area contributed by atoms with Crippen molar-refractivity contribution in [2.24, 2.45) is 0 Å². The zero-order valence-corrected chi connectivity index (χ0v) is 14.7. The van der Waals surface area contributed by atoms with Gasteiger partial charge in [-0.3, -0.25) is 0 Å². The molecular weight excluding hydrogens is 324 g/mol. The van der Waals surface area contributed by atoms with Gasteiger partial charge in [-0.2, -0.15) is 5.10 Å². The zero-order valence-electron chi connectivity index (χ0n) is 13.9. The molecule has 0 aliphatic carbocycles. The monoisotopic (exact) mass is 346 g/mol. The quantitative estimate of drug-likeness (QED) is 0.868. The highest BCUT2D eigenvalue weighted by Gasteiger charge is 2.24. The molecule has 1 aromatic carbocycles. The molecule has 1 saturated heterocycles. The minimum absolute atomic E-state index is 0. The van der Waals surface area contributed by atoms with Gasteiger partial charge in [0.1, 0.15) is 12.4 Å². The second-order valence-corrected chi connectivity index (χ2v) is 5.72. The first-order valence-corrected chi connectivity index (χ1v) is 8.23. The van der Waals surface area contributed by atoms with Crippen LogP contribution in [-0.4, -0.2) is 27.4 Å². The number of para-hydroxylation sites is 1. The first-order chi connectivity index (χ1) is 11.3. The second-order valence-electron chi connectivity index (χ2n) is 5.72. The van der Waals surface area contributed by atoms with Gasteiger partial charge < -0.3 is 5.32 Å². The van der Waals surface area contributed by atoms with Crippen LogP contribution < -0.4 is 11.0 Å². The van der Waals surface area contributed by atoms with Crippen molar-refractivity contribution in [1.29, 1.82) is 0 Å². The summed E-state index contributed by atoms with van der Waals surface area (Å²) in [6.07, 6.45) is 2.95. The van der Waals surface area contributed by atoms with Crippen LogP contribution in [0, 0.1) is 11.8 Å². The lowest BCUT2D eigenvalue weighted by Gasteiger charge is -2.22. The number of rotatable bonds is 3. The molecule has 1 N–H and O–H groups in total. The highest BCUT2D eigenvalue weighted by Crippen LogP contribution is 2.22. The molecule has 0 amide bonds. The van der Waals surface area contributed by atoms with Crippen molar-refractivity contribution in [3.05, 3.63) is 46.6 Å². The highest BCUT2D eigenvalue weighted by molar-refractivity contribution is 5.85. The highest BCUT2D eigenvalue weighted by atomic mass is 35.5. The van der Waals surface area contributed by atoms with Crippen molar-refractivity contribution in [1.82, 2.24) is 19.7 Å². The molecule has 0 saturated carbocycles. The predicted octanol–water partition coefficient (Wildman–Crippen LogP) is 2.34. The molecule has 0 radical (unpaired) electrons. The molecule has 1 aromatic heterocycles. The Bertz CT molecular complexity index is 764. The van der Waals surface area contributed by atoms with Crippen molar-refractivity contribution in [3.8, 4) is 17.5 Å². The molecule has 2 aromatic rings. The van der Waals surface area contributed by atoms with E-state index in [1.54, 1.807) is 4.57 Å². The Morgan fingerprint density at radius 3 is 2.75 bits per heavy atom. The Labute approximate surface area is 148 Å². The zero-order chi connectivity index (χ0) is 16.1. The molecule has 1 fully saturated rings. The maximum absolute atomic E-state index is 12.8. The molecule has 128 valence electrons. The van der Waals surface area contributed by atoms with Crippen molar-refractivity contribution >= 4 is 12.4 Å². The third-order valence-electron chi connectivity index (χ3n) is 4.07. The van der Waals surface area contributed by atoms with Crippen LogP contribution in [0.25, 0.3) is 5.69 Å².